The summed E-state index contributed by atoms with van der Waals surface area (Å²) in [4.78, 5) is 30.6. The average Bonchev–Trinajstić information content (AvgIpc) is 2.40. The molecule has 0 N–H and O–H groups in total. The van der Waals surface area contributed by atoms with Gasteiger partial charge in [0.15, 0.2) is 0 Å². The van der Waals surface area contributed by atoms with E-state index in [1.54, 1.807) is 12.1 Å². The van der Waals surface area contributed by atoms with E-state index in [2.05, 4.69) is 14.7 Å². The molecule has 84 valence electrons. The summed E-state index contributed by atoms with van der Waals surface area (Å²) in [6, 6.07) is 7.71. The number of esters is 2. The van der Waals surface area contributed by atoms with E-state index in [9.17, 15) is 9.59 Å². The lowest BCUT2D eigenvalue weighted by Crippen LogP contribution is -2.13. The monoisotopic (exact) mass is 228 g/mol. The second-order valence-electron chi connectivity index (χ2n) is 3.13. The highest BCUT2D eigenvalue weighted by Gasteiger charge is 2.15. The number of carbonyl (C=O) groups excluding carboxylic acids is 2. The normalized spacial score (nSPS) is 9.65. The molecule has 0 unspecified atom stereocenters. The van der Waals surface area contributed by atoms with Crippen molar-refractivity contribution in [3.63, 3.8) is 0 Å². The summed E-state index contributed by atoms with van der Waals surface area (Å²) in [7, 11) is 0. The molecule has 2 aromatic heterocycles. The van der Waals surface area contributed by atoms with Crippen LogP contribution in [0.4, 0.5) is 0 Å². The van der Waals surface area contributed by atoms with E-state index in [0.717, 1.165) is 0 Å². The van der Waals surface area contributed by atoms with Gasteiger partial charge in [0.05, 0.1) is 5.56 Å². The molecule has 0 saturated carbocycles. The van der Waals surface area contributed by atoms with Crippen molar-refractivity contribution in [3.8, 4) is 0 Å². The predicted octanol–water partition coefficient (Wildman–Crippen LogP) is 1.47. The van der Waals surface area contributed by atoms with Crippen molar-refractivity contribution in [1.82, 2.24) is 9.97 Å². The quantitative estimate of drug-likeness (QED) is 0.575. The number of rotatable bonds is 2. The molecule has 2 rings (SSSR count). The van der Waals surface area contributed by atoms with E-state index >= 15 is 0 Å². The van der Waals surface area contributed by atoms with Crippen molar-refractivity contribution in [3.05, 3.63) is 60.2 Å². The lowest BCUT2D eigenvalue weighted by atomic mass is 10.3. The van der Waals surface area contributed by atoms with Gasteiger partial charge in [-0.15, -0.1) is 0 Å². The van der Waals surface area contributed by atoms with Crippen LogP contribution in [0.1, 0.15) is 20.8 Å². The topological polar surface area (TPSA) is 69.2 Å². The molecule has 2 aromatic rings. The number of pyridine rings is 2. The fraction of sp³-hybridized carbons (Fsp3) is 0. The van der Waals surface area contributed by atoms with Crippen molar-refractivity contribution in [2.24, 2.45) is 0 Å². The van der Waals surface area contributed by atoms with Gasteiger partial charge in [0.2, 0.25) is 0 Å². The van der Waals surface area contributed by atoms with Crippen molar-refractivity contribution in [2.75, 3.05) is 0 Å². The molecule has 0 aromatic carbocycles. The molecule has 0 aliphatic carbocycles. The van der Waals surface area contributed by atoms with E-state index < -0.39 is 11.9 Å². The largest absolute Gasteiger partial charge is 0.385 e. The standard InChI is InChI=1S/C12H8N2O3/c15-11(9-4-7-13-8-5-9)17-12(16)10-3-1-2-6-14-10/h1-8H. The van der Waals surface area contributed by atoms with Gasteiger partial charge in [-0.05, 0) is 24.3 Å². The van der Waals surface area contributed by atoms with Crippen molar-refractivity contribution in [2.45, 2.75) is 0 Å². The highest BCUT2D eigenvalue weighted by atomic mass is 16.6. The molecule has 0 amide bonds. The van der Waals surface area contributed by atoms with E-state index in [1.165, 1.54) is 36.8 Å². The Morgan fingerprint density at radius 3 is 2.35 bits per heavy atom. The molecule has 0 saturated heterocycles. The molecule has 17 heavy (non-hydrogen) atoms. The third kappa shape index (κ3) is 2.72. The van der Waals surface area contributed by atoms with E-state index in [1.807, 2.05) is 0 Å². The van der Waals surface area contributed by atoms with Crippen LogP contribution in [0.3, 0.4) is 0 Å². The van der Waals surface area contributed by atoms with Crippen LogP contribution in [0.25, 0.3) is 0 Å². The number of carbonyl (C=O) groups is 2. The van der Waals surface area contributed by atoms with Crippen molar-refractivity contribution >= 4 is 11.9 Å². The molecular weight excluding hydrogens is 220 g/mol. The zero-order chi connectivity index (χ0) is 12.1. The van der Waals surface area contributed by atoms with E-state index in [0.29, 0.717) is 0 Å². The number of hydrogen-bond donors (Lipinski definition) is 0. The van der Waals surface area contributed by atoms with Gasteiger partial charge in [-0.3, -0.25) is 4.98 Å². The number of ether oxygens (including phenoxy) is 1. The minimum Gasteiger partial charge on any atom is -0.385 e. The number of nitrogens with zero attached hydrogens (tertiary/aromatic N) is 2. The zero-order valence-electron chi connectivity index (χ0n) is 8.74. The molecule has 0 aliphatic rings. The molecule has 0 spiro atoms. The Bertz CT molecular complexity index is 476. The Morgan fingerprint density at radius 1 is 0.941 bits per heavy atom. The number of hydrogen-bond acceptors (Lipinski definition) is 5. The second-order valence-corrected chi connectivity index (χ2v) is 3.13. The zero-order valence-corrected chi connectivity index (χ0v) is 8.74. The summed E-state index contributed by atoms with van der Waals surface area (Å²) >= 11 is 0. The molecule has 0 fully saturated rings. The van der Waals surface area contributed by atoms with Gasteiger partial charge in [0.1, 0.15) is 5.69 Å². The SMILES string of the molecule is O=C(OC(=O)c1ccccn1)c1ccncc1. The van der Waals surface area contributed by atoms with Gasteiger partial charge in [-0.25, -0.2) is 14.6 Å². The summed E-state index contributed by atoms with van der Waals surface area (Å²) in [6.45, 7) is 0. The highest BCUT2D eigenvalue weighted by Crippen LogP contribution is 2.03. The Kier molecular flexibility index (Phi) is 3.20. The third-order valence-corrected chi connectivity index (χ3v) is 1.98. The summed E-state index contributed by atoms with van der Waals surface area (Å²) in [5.74, 6) is -1.49. The van der Waals surface area contributed by atoms with Crippen LogP contribution in [0.15, 0.2) is 48.9 Å². The molecule has 5 heteroatoms. The molecule has 2 heterocycles. The number of aromatic nitrogens is 2. The smallest absolute Gasteiger partial charge is 0.364 e. The fourth-order valence-corrected chi connectivity index (χ4v) is 1.17. The van der Waals surface area contributed by atoms with Crippen LogP contribution in [0, 0.1) is 0 Å². The predicted molar refractivity (Wildman–Crippen MR) is 58.2 cm³/mol. The third-order valence-electron chi connectivity index (χ3n) is 1.98. The molecule has 0 atom stereocenters. The van der Waals surface area contributed by atoms with Gasteiger partial charge in [0.25, 0.3) is 0 Å². The summed E-state index contributed by atoms with van der Waals surface area (Å²) in [5, 5.41) is 0. The maximum absolute atomic E-state index is 11.5. The Labute approximate surface area is 97.1 Å². The molecule has 5 nitrogen and oxygen atoms in total. The Hall–Kier alpha value is -2.56. The van der Waals surface area contributed by atoms with Crippen LogP contribution >= 0.6 is 0 Å². The van der Waals surface area contributed by atoms with Crippen LogP contribution in [-0.2, 0) is 4.74 Å². The van der Waals surface area contributed by atoms with Gasteiger partial charge >= 0.3 is 11.9 Å². The maximum atomic E-state index is 11.5. The summed E-state index contributed by atoms with van der Waals surface area (Å²) in [5.41, 5.74) is 0.360. The van der Waals surface area contributed by atoms with Crippen molar-refractivity contribution in [1.29, 1.82) is 0 Å². The molecular formula is C12H8N2O3. The molecule has 0 bridgehead atoms. The minimum absolute atomic E-state index is 0.0925. The first-order valence-corrected chi connectivity index (χ1v) is 4.85. The Morgan fingerprint density at radius 2 is 1.71 bits per heavy atom. The average molecular weight is 228 g/mol. The van der Waals surface area contributed by atoms with E-state index in [4.69, 9.17) is 0 Å². The first-order valence-electron chi connectivity index (χ1n) is 4.85. The fourth-order valence-electron chi connectivity index (χ4n) is 1.17. The first-order chi connectivity index (χ1) is 8.27. The van der Waals surface area contributed by atoms with E-state index in [-0.39, 0.29) is 11.3 Å². The molecule has 0 radical (unpaired) electrons. The lowest BCUT2D eigenvalue weighted by molar-refractivity contribution is 0.0393. The van der Waals surface area contributed by atoms with Gasteiger partial charge in [0, 0.05) is 18.6 Å². The van der Waals surface area contributed by atoms with Gasteiger partial charge in [-0.2, -0.15) is 0 Å². The first kappa shape index (κ1) is 10.9. The maximum Gasteiger partial charge on any atom is 0.364 e. The van der Waals surface area contributed by atoms with Crippen LogP contribution in [0.2, 0.25) is 0 Å². The Balaban J connectivity index is 2.08. The van der Waals surface area contributed by atoms with Gasteiger partial charge < -0.3 is 4.74 Å². The van der Waals surface area contributed by atoms with Crippen LogP contribution in [-0.4, -0.2) is 21.9 Å². The highest BCUT2D eigenvalue weighted by molar-refractivity contribution is 6.01. The minimum atomic E-state index is -0.771. The summed E-state index contributed by atoms with van der Waals surface area (Å²) in [6.07, 6.45) is 4.34. The summed E-state index contributed by atoms with van der Waals surface area (Å²) < 4.78 is 4.65. The van der Waals surface area contributed by atoms with Crippen molar-refractivity contribution < 1.29 is 14.3 Å². The second kappa shape index (κ2) is 4.98. The van der Waals surface area contributed by atoms with Gasteiger partial charge in [-0.1, -0.05) is 6.07 Å². The van der Waals surface area contributed by atoms with Crippen LogP contribution < -0.4 is 0 Å². The lowest BCUT2D eigenvalue weighted by Gasteiger charge is -2.01. The molecule has 0 aliphatic heterocycles. The van der Waals surface area contributed by atoms with Crippen LogP contribution in [0.5, 0.6) is 0 Å².